The summed E-state index contributed by atoms with van der Waals surface area (Å²) in [5.41, 5.74) is 1.23. The average Bonchev–Trinajstić information content (AvgIpc) is 2.87. The molecule has 2 rings (SSSR count). The summed E-state index contributed by atoms with van der Waals surface area (Å²) < 4.78 is 1.99. The Hall–Kier alpha value is -1.69. The quantitative estimate of drug-likeness (QED) is 0.888. The van der Waals surface area contributed by atoms with Crippen LogP contribution in [-0.4, -0.2) is 36.9 Å². The highest BCUT2D eigenvalue weighted by molar-refractivity contribution is 5.05. The maximum absolute atomic E-state index is 4.39. The van der Waals surface area contributed by atoms with Crippen LogP contribution in [0.4, 0.5) is 0 Å². The molecule has 0 amide bonds. The number of nitrogens with one attached hydrogen (secondary N) is 1. The van der Waals surface area contributed by atoms with Crippen LogP contribution < -0.4 is 0 Å². The molecule has 1 N–H and O–H groups in total. The molecule has 0 aliphatic carbocycles. The highest BCUT2D eigenvalue weighted by Crippen LogP contribution is 2.14. The second kappa shape index (κ2) is 4.89. The van der Waals surface area contributed by atoms with Crippen LogP contribution in [0, 0.1) is 0 Å². The van der Waals surface area contributed by atoms with Crippen LogP contribution in [0.5, 0.6) is 0 Å². The van der Waals surface area contributed by atoms with E-state index in [0.29, 0.717) is 0 Å². The lowest BCUT2D eigenvalue weighted by Crippen LogP contribution is -2.22. The zero-order valence-corrected chi connectivity index (χ0v) is 11.4. The number of rotatable bonds is 4. The molecule has 0 aliphatic heterocycles. The second-order valence-corrected chi connectivity index (χ2v) is 5.57. The molecule has 2 heterocycles. The first-order chi connectivity index (χ1) is 8.45. The Bertz CT molecular complexity index is 479. The number of H-pyrrole nitrogens is 1. The summed E-state index contributed by atoms with van der Waals surface area (Å²) in [6, 6.07) is 0. The molecule has 0 spiro atoms. The Morgan fingerprint density at radius 1 is 1.33 bits per heavy atom. The van der Waals surface area contributed by atoms with Crippen molar-refractivity contribution in [1.29, 1.82) is 0 Å². The molecule has 2 aromatic heterocycles. The SMILES string of the molecule is CN(Cc1cnn(C(C)(C)C)c1)Cc1ncn[nH]1. The maximum Gasteiger partial charge on any atom is 0.138 e. The standard InChI is InChI=1S/C12H20N6/c1-12(2,3)18-7-10(5-15-18)6-17(4)8-11-13-9-14-16-11/h5,7,9H,6,8H2,1-4H3,(H,13,14,16). The van der Waals surface area contributed by atoms with Crippen molar-refractivity contribution in [2.24, 2.45) is 0 Å². The summed E-state index contributed by atoms with van der Waals surface area (Å²) in [6.07, 6.45) is 5.54. The summed E-state index contributed by atoms with van der Waals surface area (Å²) in [6.45, 7) is 8.02. The third-order valence-corrected chi connectivity index (χ3v) is 2.66. The van der Waals surface area contributed by atoms with Gasteiger partial charge < -0.3 is 0 Å². The van der Waals surface area contributed by atoms with E-state index in [2.05, 4.69) is 59.2 Å². The topological polar surface area (TPSA) is 62.6 Å². The number of aromatic nitrogens is 5. The molecule has 6 nitrogen and oxygen atoms in total. The largest absolute Gasteiger partial charge is 0.295 e. The van der Waals surface area contributed by atoms with Crippen LogP contribution in [0.25, 0.3) is 0 Å². The van der Waals surface area contributed by atoms with Gasteiger partial charge in [0.2, 0.25) is 0 Å². The minimum Gasteiger partial charge on any atom is -0.295 e. The predicted molar refractivity (Wildman–Crippen MR) is 68.8 cm³/mol. The van der Waals surface area contributed by atoms with Gasteiger partial charge in [-0.2, -0.15) is 10.2 Å². The molecule has 0 aromatic carbocycles. The number of hydrogen-bond donors (Lipinski definition) is 1. The summed E-state index contributed by atoms with van der Waals surface area (Å²) in [4.78, 5) is 6.28. The lowest BCUT2D eigenvalue weighted by Gasteiger charge is -2.19. The van der Waals surface area contributed by atoms with Gasteiger partial charge in [-0.1, -0.05) is 0 Å². The predicted octanol–water partition coefficient (Wildman–Crippen LogP) is 1.39. The second-order valence-electron chi connectivity index (χ2n) is 5.57. The maximum atomic E-state index is 4.39. The van der Waals surface area contributed by atoms with Gasteiger partial charge in [-0.3, -0.25) is 14.7 Å². The molecule has 0 atom stereocenters. The highest BCUT2D eigenvalue weighted by atomic mass is 15.3. The number of aromatic amines is 1. The lowest BCUT2D eigenvalue weighted by atomic mass is 10.1. The fourth-order valence-corrected chi connectivity index (χ4v) is 1.74. The van der Waals surface area contributed by atoms with Crippen molar-refractivity contribution in [2.75, 3.05) is 7.05 Å². The van der Waals surface area contributed by atoms with E-state index in [1.807, 2.05) is 10.9 Å². The fourth-order valence-electron chi connectivity index (χ4n) is 1.74. The van der Waals surface area contributed by atoms with Gasteiger partial charge in [0.1, 0.15) is 12.2 Å². The van der Waals surface area contributed by atoms with Crippen molar-refractivity contribution in [2.45, 2.75) is 39.4 Å². The zero-order valence-electron chi connectivity index (χ0n) is 11.4. The minimum absolute atomic E-state index is 0.0295. The summed E-state index contributed by atoms with van der Waals surface area (Å²) in [5, 5.41) is 11.1. The first kappa shape index (κ1) is 12.8. The van der Waals surface area contributed by atoms with Crippen LogP contribution in [-0.2, 0) is 18.6 Å². The lowest BCUT2D eigenvalue weighted by molar-refractivity contribution is 0.309. The fraction of sp³-hybridized carbons (Fsp3) is 0.583. The van der Waals surface area contributed by atoms with Crippen molar-refractivity contribution in [3.63, 3.8) is 0 Å². The Labute approximate surface area is 107 Å². The molecule has 98 valence electrons. The van der Waals surface area contributed by atoms with Crippen LogP contribution >= 0.6 is 0 Å². The molecule has 6 heteroatoms. The van der Waals surface area contributed by atoms with Crippen LogP contribution in [0.2, 0.25) is 0 Å². The highest BCUT2D eigenvalue weighted by Gasteiger charge is 2.14. The molecule has 0 fully saturated rings. The molecule has 0 unspecified atom stereocenters. The molecule has 0 radical (unpaired) electrons. The molecule has 2 aromatic rings. The summed E-state index contributed by atoms with van der Waals surface area (Å²) in [7, 11) is 2.05. The molecule has 0 aliphatic rings. The van der Waals surface area contributed by atoms with E-state index in [-0.39, 0.29) is 5.54 Å². The minimum atomic E-state index is 0.0295. The van der Waals surface area contributed by atoms with Crippen molar-refractivity contribution in [3.05, 3.63) is 30.1 Å². The first-order valence-electron chi connectivity index (χ1n) is 6.02. The molecule has 0 bridgehead atoms. The van der Waals surface area contributed by atoms with E-state index in [9.17, 15) is 0 Å². The summed E-state index contributed by atoms with van der Waals surface area (Å²) >= 11 is 0. The average molecular weight is 248 g/mol. The molecule has 0 saturated heterocycles. The van der Waals surface area contributed by atoms with Gasteiger partial charge in [0.05, 0.1) is 18.3 Å². The molecule has 0 saturated carbocycles. The van der Waals surface area contributed by atoms with Gasteiger partial charge in [-0.15, -0.1) is 0 Å². The monoisotopic (exact) mass is 248 g/mol. The number of nitrogens with zero attached hydrogens (tertiary/aromatic N) is 5. The third kappa shape index (κ3) is 3.16. The van der Waals surface area contributed by atoms with Crippen LogP contribution in [0.1, 0.15) is 32.2 Å². The van der Waals surface area contributed by atoms with Crippen molar-refractivity contribution in [1.82, 2.24) is 29.9 Å². The Kier molecular flexibility index (Phi) is 3.47. The van der Waals surface area contributed by atoms with Gasteiger partial charge in [0.25, 0.3) is 0 Å². The van der Waals surface area contributed by atoms with Gasteiger partial charge in [-0.05, 0) is 27.8 Å². The van der Waals surface area contributed by atoms with E-state index in [1.54, 1.807) is 0 Å². The Morgan fingerprint density at radius 2 is 2.11 bits per heavy atom. The van der Waals surface area contributed by atoms with E-state index in [0.717, 1.165) is 18.9 Å². The van der Waals surface area contributed by atoms with Gasteiger partial charge in [0, 0.05) is 18.3 Å². The normalized spacial score (nSPS) is 12.3. The first-order valence-corrected chi connectivity index (χ1v) is 6.02. The Balaban J connectivity index is 1.95. The van der Waals surface area contributed by atoms with Crippen molar-refractivity contribution < 1.29 is 0 Å². The van der Waals surface area contributed by atoms with Gasteiger partial charge in [-0.25, -0.2) is 4.98 Å². The van der Waals surface area contributed by atoms with Gasteiger partial charge in [0.15, 0.2) is 0 Å². The van der Waals surface area contributed by atoms with E-state index >= 15 is 0 Å². The van der Waals surface area contributed by atoms with Crippen LogP contribution in [0.3, 0.4) is 0 Å². The molecule has 18 heavy (non-hydrogen) atoms. The van der Waals surface area contributed by atoms with E-state index < -0.39 is 0 Å². The summed E-state index contributed by atoms with van der Waals surface area (Å²) in [5.74, 6) is 0.876. The number of hydrogen-bond acceptors (Lipinski definition) is 4. The zero-order chi connectivity index (χ0) is 13.2. The van der Waals surface area contributed by atoms with E-state index in [4.69, 9.17) is 0 Å². The van der Waals surface area contributed by atoms with Crippen molar-refractivity contribution >= 4 is 0 Å². The third-order valence-electron chi connectivity index (χ3n) is 2.66. The van der Waals surface area contributed by atoms with Crippen molar-refractivity contribution in [3.8, 4) is 0 Å². The molecular weight excluding hydrogens is 228 g/mol. The van der Waals surface area contributed by atoms with Gasteiger partial charge >= 0.3 is 0 Å². The smallest absolute Gasteiger partial charge is 0.138 e. The Morgan fingerprint density at radius 3 is 2.67 bits per heavy atom. The van der Waals surface area contributed by atoms with E-state index in [1.165, 1.54) is 11.9 Å². The van der Waals surface area contributed by atoms with Crippen LogP contribution in [0.15, 0.2) is 18.7 Å². The molecular formula is C12H20N6.